The Morgan fingerprint density at radius 1 is 0.880 bits per heavy atom. The van der Waals surface area contributed by atoms with Gasteiger partial charge in [-0.1, -0.05) is 24.0 Å². The zero-order valence-electron chi connectivity index (χ0n) is 26.4. The van der Waals surface area contributed by atoms with Crippen LogP contribution in [0.1, 0.15) is 54.2 Å². The van der Waals surface area contributed by atoms with Gasteiger partial charge in [0.1, 0.15) is 24.8 Å². The second-order valence-corrected chi connectivity index (χ2v) is 12.7. The number of aliphatic hydroxyl groups is 1. The molecule has 0 bridgehead atoms. The molecule has 50 heavy (non-hydrogen) atoms. The van der Waals surface area contributed by atoms with Crippen LogP contribution >= 0.6 is 0 Å². The number of amides is 1. The average molecular weight is 720 g/mol. The molecular formula is C34H29F4NO10S. The number of hydrogen-bond donors (Lipinski definition) is 1. The van der Waals surface area contributed by atoms with Gasteiger partial charge in [-0.3, -0.25) is 19.2 Å². The number of benzene rings is 3. The smallest absolute Gasteiger partial charge is 0.462 e. The Morgan fingerprint density at radius 3 is 1.96 bits per heavy atom. The molecule has 0 aliphatic carbocycles. The largest absolute Gasteiger partial charge is 0.534 e. The van der Waals surface area contributed by atoms with Gasteiger partial charge in [0, 0.05) is 37.1 Å². The van der Waals surface area contributed by atoms with Gasteiger partial charge in [0.05, 0.1) is 12.0 Å². The van der Waals surface area contributed by atoms with Crippen LogP contribution < -0.4 is 9.08 Å². The van der Waals surface area contributed by atoms with Crippen LogP contribution in [-0.2, 0) is 34.0 Å². The molecule has 3 aromatic carbocycles. The minimum atomic E-state index is -5.93. The molecule has 4 rings (SSSR count). The van der Waals surface area contributed by atoms with Crippen molar-refractivity contribution < 1.29 is 63.9 Å². The van der Waals surface area contributed by atoms with E-state index in [9.17, 15) is 50.3 Å². The fourth-order valence-corrected chi connectivity index (χ4v) is 5.37. The highest BCUT2D eigenvalue weighted by Crippen LogP contribution is 2.46. The number of Topliss-reactive ketones (excluding diaryl/α,β-unsaturated/α-hetero) is 1. The summed E-state index contributed by atoms with van der Waals surface area (Å²) in [5.41, 5.74) is -6.30. The van der Waals surface area contributed by atoms with Crippen molar-refractivity contribution in [2.75, 3.05) is 18.1 Å². The maximum atomic E-state index is 13.5. The van der Waals surface area contributed by atoms with Gasteiger partial charge in [0.15, 0.2) is 11.4 Å². The SMILES string of the molecule is CC(=O)OCC(O)(C#Cc1ccc([C@@H]2[C@@H](CCC(=O)c3ccc(F)cc3)C(=O)N2c2ccc(OS(=O)(=O)C(F)(F)F)cc2)cc1)COC(C)=O. The second-order valence-electron chi connectivity index (χ2n) is 11.2. The molecule has 1 saturated heterocycles. The van der Waals surface area contributed by atoms with Gasteiger partial charge in [-0.25, -0.2) is 4.39 Å². The Morgan fingerprint density at radius 2 is 1.44 bits per heavy atom. The number of β-lactam (4-membered cyclic amide) rings is 1. The van der Waals surface area contributed by atoms with Gasteiger partial charge in [-0.2, -0.15) is 21.6 Å². The molecule has 0 aromatic heterocycles. The molecule has 0 radical (unpaired) electrons. The molecule has 1 aliphatic rings. The van der Waals surface area contributed by atoms with E-state index < -0.39 is 75.8 Å². The van der Waals surface area contributed by atoms with E-state index in [1.165, 1.54) is 29.2 Å². The van der Waals surface area contributed by atoms with Gasteiger partial charge < -0.3 is 23.7 Å². The molecule has 1 N–H and O–H groups in total. The number of rotatable bonds is 12. The number of nitrogens with zero attached hydrogens (tertiary/aromatic N) is 1. The first-order chi connectivity index (χ1) is 23.4. The van der Waals surface area contributed by atoms with Crippen LogP contribution in [0.25, 0.3) is 0 Å². The molecule has 11 nitrogen and oxygen atoms in total. The summed E-state index contributed by atoms with van der Waals surface area (Å²) < 4.78 is 88.3. The summed E-state index contributed by atoms with van der Waals surface area (Å²) in [5.74, 6) is 1.20. The maximum absolute atomic E-state index is 13.5. The summed E-state index contributed by atoms with van der Waals surface area (Å²) in [5, 5.41) is 10.8. The van der Waals surface area contributed by atoms with Crippen LogP contribution in [0.3, 0.4) is 0 Å². The molecule has 0 unspecified atom stereocenters. The molecule has 264 valence electrons. The third kappa shape index (κ3) is 9.24. The van der Waals surface area contributed by atoms with E-state index in [1.54, 1.807) is 24.3 Å². The number of ketones is 1. The quantitative estimate of drug-likeness (QED) is 0.0533. The van der Waals surface area contributed by atoms with Crippen LogP contribution in [0, 0.1) is 23.6 Å². The summed E-state index contributed by atoms with van der Waals surface area (Å²) in [4.78, 5) is 50.1. The molecule has 3 aromatic rings. The predicted octanol–water partition coefficient (Wildman–Crippen LogP) is 4.63. The number of carbonyl (C=O) groups is 4. The lowest BCUT2D eigenvalue weighted by Crippen LogP contribution is -2.55. The summed E-state index contributed by atoms with van der Waals surface area (Å²) in [6, 6.07) is 14.9. The van der Waals surface area contributed by atoms with Gasteiger partial charge in [-0.15, -0.1) is 0 Å². The van der Waals surface area contributed by atoms with Gasteiger partial charge in [-0.05, 0) is 72.6 Å². The van der Waals surface area contributed by atoms with Crippen LogP contribution in [0.5, 0.6) is 5.75 Å². The lowest BCUT2D eigenvalue weighted by atomic mass is 9.78. The predicted molar refractivity (Wildman–Crippen MR) is 167 cm³/mol. The Kier molecular flexibility index (Phi) is 11.3. The van der Waals surface area contributed by atoms with Crippen LogP contribution in [0.15, 0.2) is 72.8 Å². The number of ether oxygens (including phenoxy) is 2. The first-order valence-electron chi connectivity index (χ1n) is 14.7. The molecule has 1 aliphatic heterocycles. The van der Waals surface area contributed by atoms with Gasteiger partial charge >= 0.3 is 27.6 Å². The molecule has 1 fully saturated rings. The van der Waals surface area contributed by atoms with Gasteiger partial charge in [0.25, 0.3) is 0 Å². The third-order valence-corrected chi connectivity index (χ3v) is 8.37. The number of carbonyl (C=O) groups excluding carboxylic acids is 4. The van der Waals surface area contributed by atoms with Crippen molar-refractivity contribution in [3.63, 3.8) is 0 Å². The molecule has 16 heteroatoms. The van der Waals surface area contributed by atoms with Crippen LogP contribution in [-0.4, -0.2) is 61.5 Å². The highest BCUT2D eigenvalue weighted by Gasteiger charge is 2.50. The highest BCUT2D eigenvalue weighted by atomic mass is 32.2. The zero-order valence-corrected chi connectivity index (χ0v) is 27.2. The fraction of sp³-hybridized carbons (Fsp3) is 0.294. The number of esters is 2. The number of hydrogen-bond acceptors (Lipinski definition) is 10. The standard InChI is InChI=1S/C34H29F4NO10S/c1-21(40)47-19-33(44,20-48-22(2)41)18-17-23-3-5-25(6-4-23)31-29(15-16-30(42)24-7-9-26(35)10-8-24)32(43)39(31)27-11-13-28(14-12-27)49-50(45,46)34(36,37)38/h3-14,29,31,44H,15-16,19-20H2,1-2H3/t29-,31-/m1/s1. The molecular weight excluding hydrogens is 690 g/mol. The van der Waals surface area contributed by atoms with Crippen molar-refractivity contribution >= 4 is 39.4 Å². The first kappa shape index (κ1) is 37.5. The Labute approximate surface area is 283 Å². The lowest BCUT2D eigenvalue weighted by molar-refractivity contribution is -0.154. The normalized spacial score (nSPS) is 16.1. The van der Waals surface area contributed by atoms with E-state index >= 15 is 0 Å². The molecule has 0 saturated carbocycles. The summed E-state index contributed by atoms with van der Waals surface area (Å²) in [7, 11) is -5.93. The molecule has 2 atom stereocenters. The number of halogens is 4. The van der Waals surface area contributed by atoms with E-state index in [4.69, 9.17) is 9.47 Å². The van der Waals surface area contributed by atoms with E-state index in [2.05, 4.69) is 16.0 Å². The van der Waals surface area contributed by atoms with Crippen LogP contribution in [0.2, 0.25) is 0 Å². The van der Waals surface area contributed by atoms with E-state index in [1.807, 2.05) is 0 Å². The van der Waals surface area contributed by atoms with Crippen molar-refractivity contribution in [2.24, 2.45) is 5.92 Å². The maximum Gasteiger partial charge on any atom is 0.534 e. The van der Waals surface area contributed by atoms with Crippen LogP contribution in [0.4, 0.5) is 23.2 Å². The minimum Gasteiger partial charge on any atom is -0.462 e. The fourth-order valence-electron chi connectivity index (χ4n) is 4.91. The van der Waals surface area contributed by atoms with Crippen molar-refractivity contribution in [1.82, 2.24) is 0 Å². The number of alkyl halides is 3. The minimum absolute atomic E-state index is 0.0682. The van der Waals surface area contributed by atoms with E-state index in [0.29, 0.717) is 11.1 Å². The summed E-state index contributed by atoms with van der Waals surface area (Å²) in [6.45, 7) is 1.09. The summed E-state index contributed by atoms with van der Waals surface area (Å²) in [6.07, 6.45) is 0.0172. The van der Waals surface area contributed by atoms with Crippen molar-refractivity contribution in [3.8, 4) is 17.6 Å². The Hall–Kier alpha value is -5.27. The first-order valence-corrected chi connectivity index (χ1v) is 16.1. The van der Waals surface area contributed by atoms with Gasteiger partial charge in [0.2, 0.25) is 5.91 Å². The zero-order chi connectivity index (χ0) is 36.9. The second kappa shape index (κ2) is 15.1. The van der Waals surface area contributed by atoms with Crippen molar-refractivity contribution in [3.05, 3.63) is 95.3 Å². The summed E-state index contributed by atoms with van der Waals surface area (Å²) >= 11 is 0. The lowest BCUT2D eigenvalue weighted by Gasteiger charge is -2.47. The topological polar surface area (TPSA) is 154 Å². The molecule has 1 heterocycles. The monoisotopic (exact) mass is 719 g/mol. The van der Waals surface area contributed by atoms with E-state index in [0.717, 1.165) is 38.1 Å². The third-order valence-electron chi connectivity index (χ3n) is 7.39. The average Bonchev–Trinajstić information content (AvgIpc) is 3.05. The molecule has 0 spiro atoms. The highest BCUT2D eigenvalue weighted by molar-refractivity contribution is 7.88. The number of anilines is 1. The Balaban J connectivity index is 1.60. The Bertz CT molecular complexity index is 1900. The van der Waals surface area contributed by atoms with Crippen molar-refractivity contribution in [2.45, 2.75) is 43.8 Å². The van der Waals surface area contributed by atoms with E-state index in [-0.39, 0.29) is 29.9 Å². The van der Waals surface area contributed by atoms with Crippen molar-refractivity contribution in [1.29, 1.82) is 0 Å². The molecule has 1 amide bonds.